The molecule has 0 spiro atoms. The maximum absolute atomic E-state index is 12.2. The van der Waals surface area contributed by atoms with Crippen molar-refractivity contribution in [2.75, 3.05) is 20.1 Å². The van der Waals surface area contributed by atoms with E-state index in [0.29, 0.717) is 11.8 Å². The fourth-order valence-electron chi connectivity index (χ4n) is 3.06. The van der Waals surface area contributed by atoms with E-state index in [4.69, 9.17) is 0 Å². The van der Waals surface area contributed by atoms with Crippen LogP contribution in [0.3, 0.4) is 0 Å². The van der Waals surface area contributed by atoms with E-state index >= 15 is 0 Å². The molecule has 0 bridgehead atoms. The van der Waals surface area contributed by atoms with Crippen molar-refractivity contribution in [2.45, 2.75) is 44.6 Å². The molecule has 1 aliphatic heterocycles. The van der Waals surface area contributed by atoms with Crippen molar-refractivity contribution in [1.29, 1.82) is 0 Å². The highest BCUT2D eigenvalue weighted by Gasteiger charge is 2.44. The van der Waals surface area contributed by atoms with Crippen molar-refractivity contribution in [1.82, 2.24) is 10.2 Å². The van der Waals surface area contributed by atoms with E-state index in [1.807, 2.05) is 11.9 Å². The molecule has 3 nitrogen and oxygen atoms in total. The summed E-state index contributed by atoms with van der Waals surface area (Å²) < 4.78 is 0. The van der Waals surface area contributed by atoms with Gasteiger partial charge in [-0.05, 0) is 25.7 Å². The Labute approximate surface area is 92.2 Å². The van der Waals surface area contributed by atoms with Crippen LogP contribution in [0.2, 0.25) is 0 Å². The number of likely N-dealkylation sites (N-methyl/N-ethyl adjacent to an activating group) is 1. The predicted octanol–water partition coefficient (Wildman–Crippen LogP) is 1.39. The number of amides is 1. The van der Waals surface area contributed by atoms with Crippen LogP contribution in [-0.2, 0) is 4.79 Å². The molecule has 1 unspecified atom stereocenters. The molecule has 1 saturated carbocycles. The SMILES string of the molecule is CN1CCNC(C)(C2CCCCC2)C1=O. The molecular weight excluding hydrogens is 188 g/mol. The minimum atomic E-state index is -0.284. The number of hydrogen-bond acceptors (Lipinski definition) is 2. The summed E-state index contributed by atoms with van der Waals surface area (Å²) >= 11 is 0. The molecule has 1 heterocycles. The van der Waals surface area contributed by atoms with Crippen LogP contribution in [0.25, 0.3) is 0 Å². The van der Waals surface area contributed by atoms with Gasteiger partial charge in [-0.25, -0.2) is 0 Å². The van der Waals surface area contributed by atoms with Crippen molar-refractivity contribution in [2.24, 2.45) is 5.92 Å². The summed E-state index contributed by atoms with van der Waals surface area (Å²) in [5.41, 5.74) is -0.284. The average Bonchev–Trinajstić information content (AvgIpc) is 2.27. The van der Waals surface area contributed by atoms with E-state index in [-0.39, 0.29) is 5.54 Å². The lowest BCUT2D eigenvalue weighted by Gasteiger charge is -2.45. The summed E-state index contributed by atoms with van der Waals surface area (Å²) in [7, 11) is 1.92. The van der Waals surface area contributed by atoms with E-state index in [1.54, 1.807) is 0 Å². The van der Waals surface area contributed by atoms with E-state index < -0.39 is 0 Å². The number of carbonyl (C=O) groups is 1. The van der Waals surface area contributed by atoms with Crippen LogP contribution in [0.5, 0.6) is 0 Å². The van der Waals surface area contributed by atoms with Gasteiger partial charge in [-0.2, -0.15) is 0 Å². The van der Waals surface area contributed by atoms with Crippen LogP contribution in [0.15, 0.2) is 0 Å². The molecular formula is C12H22N2O. The van der Waals surface area contributed by atoms with Gasteiger partial charge < -0.3 is 10.2 Å². The maximum atomic E-state index is 12.2. The highest BCUT2D eigenvalue weighted by atomic mass is 16.2. The molecule has 15 heavy (non-hydrogen) atoms. The fourth-order valence-corrected chi connectivity index (χ4v) is 3.06. The second-order valence-corrected chi connectivity index (χ2v) is 5.19. The zero-order chi connectivity index (χ0) is 10.9. The number of piperazine rings is 1. The predicted molar refractivity (Wildman–Crippen MR) is 60.6 cm³/mol. The third-order valence-electron chi connectivity index (χ3n) is 4.15. The summed E-state index contributed by atoms with van der Waals surface area (Å²) in [6, 6.07) is 0. The van der Waals surface area contributed by atoms with Crippen molar-refractivity contribution < 1.29 is 4.79 Å². The normalized spacial score (nSPS) is 34.5. The Morgan fingerprint density at radius 1 is 1.33 bits per heavy atom. The first kappa shape index (κ1) is 10.9. The fraction of sp³-hybridized carbons (Fsp3) is 0.917. The third kappa shape index (κ3) is 1.89. The standard InChI is InChI=1S/C12H22N2O/c1-12(10-6-4-3-5-7-10)11(15)14(2)9-8-13-12/h10,13H,3-9H2,1-2H3. The van der Waals surface area contributed by atoms with Gasteiger partial charge >= 0.3 is 0 Å². The average molecular weight is 210 g/mol. The smallest absolute Gasteiger partial charge is 0.242 e. The minimum Gasteiger partial charge on any atom is -0.343 e. The zero-order valence-electron chi connectivity index (χ0n) is 9.88. The molecule has 2 fully saturated rings. The summed E-state index contributed by atoms with van der Waals surface area (Å²) in [6.45, 7) is 3.89. The lowest BCUT2D eigenvalue weighted by molar-refractivity contribution is -0.142. The first-order valence-corrected chi connectivity index (χ1v) is 6.15. The van der Waals surface area contributed by atoms with E-state index in [0.717, 1.165) is 13.1 Å². The van der Waals surface area contributed by atoms with Gasteiger partial charge in [-0.15, -0.1) is 0 Å². The molecule has 1 saturated heterocycles. The molecule has 86 valence electrons. The van der Waals surface area contributed by atoms with Crippen LogP contribution >= 0.6 is 0 Å². The molecule has 2 aliphatic rings. The molecule has 2 rings (SSSR count). The van der Waals surface area contributed by atoms with E-state index in [9.17, 15) is 4.79 Å². The number of carbonyl (C=O) groups excluding carboxylic acids is 1. The quantitative estimate of drug-likeness (QED) is 0.709. The van der Waals surface area contributed by atoms with Crippen LogP contribution in [0.4, 0.5) is 0 Å². The van der Waals surface area contributed by atoms with Gasteiger partial charge in [-0.3, -0.25) is 4.79 Å². The summed E-state index contributed by atoms with van der Waals surface area (Å²) in [4.78, 5) is 14.1. The molecule has 0 radical (unpaired) electrons. The largest absolute Gasteiger partial charge is 0.343 e. The molecule has 1 amide bonds. The number of nitrogens with zero attached hydrogens (tertiary/aromatic N) is 1. The molecule has 1 N–H and O–H groups in total. The highest BCUT2D eigenvalue weighted by molar-refractivity contribution is 5.86. The Bertz CT molecular complexity index is 248. The van der Waals surface area contributed by atoms with Crippen LogP contribution in [0, 0.1) is 5.92 Å². The first-order valence-electron chi connectivity index (χ1n) is 6.15. The van der Waals surface area contributed by atoms with E-state index in [2.05, 4.69) is 12.2 Å². The van der Waals surface area contributed by atoms with Gasteiger partial charge in [0, 0.05) is 20.1 Å². The molecule has 0 aromatic rings. The zero-order valence-corrected chi connectivity index (χ0v) is 9.88. The maximum Gasteiger partial charge on any atom is 0.242 e. The van der Waals surface area contributed by atoms with Crippen molar-refractivity contribution in [3.8, 4) is 0 Å². The van der Waals surface area contributed by atoms with Gasteiger partial charge in [0.05, 0.1) is 5.54 Å². The Kier molecular flexibility index (Phi) is 3.01. The summed E-state index contributed by atoms with van der Waals surface area (Å²) in [5.74, 6) is 0.835. The van der Waals surface area contributed by atoms with Gasteiger partial charge in [-0.1, -0.05) is 19.3 Å². The highest BCUT2D eigenvalue weighted by Crippen LogP contribution is 2.34. The molecule has 0 aromatic carbocycles. The Morgan fingerprint density at radius 3 is 2.67 bits per heavy atom. The molecule has 0 aromatic heterocycles. The van der Waals surface area contributed by atoms with Gasteiger partial charge in [0.15, 0.2) is 0 Å². The van der Waals surface area contributed by atoms with Crippen molar-refractivity contribution in [3.63, 3.8) is 0 Å². The monoisotopic (exact) mass is 210 g/mol. The van der Waals surface area contributed by atoms with E-state index in [1.165, 1.54) is 32.1 Å². The second-order valence-electron chi connectivity index (χ2n) is 5.19. The molecule has 3 heteroatoms. The molecule has 1 aliphatic carbocycles. The topological polar surface area (TPSA) is 32.3 Å². The first-order chi connectivity index (χ1) is 7.14. The number of nitrogens with one attached hydrogen (secondary N) is 1. The van der Waals surface area contributed by atoms with Crippen LogP contribution in [-0.4, -0.2) is 36.5 Å². The summed E-state index contributed by atoms with van der Waals surface area (Å²) in [5, 5.41) is 3.45. The lowest BCUT2D eigenvalue weighted by Crippen LogP contribution is -2.65. The Morgan fingerprint density at radius 2 is 2.00 bits per heavy atom. The summed E-state index contributed by atoms with van der Waals surface area (Å²) in [6.07, 6.45) is 6.35. The van der Waals surface area contributed by atoms with Crippen molar-refractivity contribution in [3.05, 3.63) is 0 Å². The van der Waals surface area contributed by atoms with Gasteiger partial charge in [0.1, 0.15) is 0 Å². The minimum absolute atomic E-state index is 0.284. The van der Waals surface area contributed by atoms with Gasteiger partial charge in [0.2, 0.25) is 5.91 Å². The second kappa shape index (κ2) is 4.12. The van der Waals surface area contributed by atoms with Crippen LogP contribution < -0.4 is 5.32 Å². The van der Waals surface area contributed by atoms with Crippen LogP contribution in [0.1, 0.15) is 39.0 Å². The Hall–Kier alpha value is -0.570. The Balaban J connectivity index is 2.12. The third-order valence-corrected chi connectivity index (χ3v) is 4.15. The number of rotatable bonds is 1. The van der Waals surface area contributed by atoms with Gasteiger partial charge in [0.25, 0.3) is 0 Å². The lowest BCUT2D eigenvalue weighted by atomic mass is 9.74. The number of hydrogen-bond donors (Lipinski definition) is 1. The molecule has 1 atom stereocenters. The van der Waals surface area contributed by atoms with Crippen molar-refractivity contribution >= 4 is 5.91 Å².